The highest BCUT2D eigenvalue weighted by Gasteiger charge is 2.39. The van der Waals surface area contributed by atoms with Crippen LogP contribution in [0.2, 0.25) is 0 Å². The van der Waals surface area contributed by atoms with Crippen LogP contribution in [0.3, 0.4) is 0 Å². The van der Waals surface area contributed by atoms with Crippen LogP contribution in [0.5, 0.6) is 0 Å². The number of anilines is 1. The Morgan fingerprint density at radius 1 is 1.11 bits per heavy atom. The number of benzene rings is 2. The standard InChI is InChI=1S/C19H20N2O5S/c1-13-8-10-14(11-9-13)27(25,26)21-12-4-7-17(21)18(22)20-16-6-3-2-5-15(16)19(23)24/h2-3,5-6,8-11,17H,4,7,12H2,1H3,(H,20,22)(H,23,24)/p-1/t17-/m0/s1. The third-order valence-corrected chi connectivity index (χ3v) is 6.46. The van der Waals surface area contributed by atoms with Crippen LogP contribution in [0.25, 0.3) is 0 Å². The first-order valence-corrected chi connectivity index (χ1v) is 9.94. The van der Waals surface area contributed by atoms with Gasteiger partial charge in [-0.25, -0.2) is 8.42 Å². The summed E-state index contributed by atoms with van der Waals surface area (Å²) in [5, 5.41) is 13.7. The Balaban J connectivity index is 1.85. The Labute approximate surface area is 157 Å². The number of aromatic carboxylic acids is 1. The molecular formula is C19H19N2O5S-. The highest BCUT2D eigenvalue weighted by atomic mass is 32.2. The first-order chi connectivity index (χ1) is 12.8. The Bertz CT molecular complexity index is 970. The fourth-order valence-corrected chi connectivity index (χ4v) is 4.78. The highest BCUT2D eigenvalue weighted by molar-refractivity contribution is 7.89. The number of sulfonamides is 1. The summed E-state index contributed by atoms with van der Waals surface area (Å²) < 4.78 is 27.0. The summed E-state index contributed by atoms with van der Waals surface area (Å²) in [5.74, 6) is -1.97. The van der Waals surface area contributed by atoms with Crippen molar-refractivity contribution in [3.63, 3.8) is 0 Å². The van der Waals surface area contributed by atoms with E-state index in [1.165, 1.54) is 34.6 Å². The lowest BCUT2D eigenvalue weighted by molar-refractivity contribution is -0.254. The van der Waals surface area contributed by atoms with Gasteiger partial charge < -0.3 is 15.2 Å². The van der Waals surface area contributed by atoms with Crippen molar-refractivity contribution in [2.24, 2.45) is 0 Å². The van der Waals surface area contributed by atoms with E-state index in [2.05, 4.69) is 5.32 Å². The van der Waals surface area contributed by atoms with Crippen molar-refractivity contribution >= 4 is 27.6 Å². The maximum absolute atomic E-state index is 12.9. The number of carbonyl (C=O) groups excluding carboxylic acids is 2. The van der Waals surface area contributed by atoms with Crippen molar-refractivity contribution in [1.82, 2.24) is 4.31 Å². The van der Waals surface area contributed by atoms with Crippen LogP contribution in [0.4, 0.5) is 5.69 Å². The molecule has 0 aromatic heterocycles. The maximum atomic E-state index is 12.9. The minimum absolute atomic E-state index is 0.0853. The molecule has 1 amide bonds. The predicted molar refractivity (Wildman–Crippen MR) is 97.5 cm³/mol. The van der Waals surface area contributed by atoms with E-state index in [-0.39, 0.29) is 22.7 Å². The number of carbonyl (C=O) groups is 2. The Morgan fingerprint density at radius 3 is 2.44 bits per heavy atom. The molecule has 1 fully saturated rings. The molecular weight excluding hydrogens is 368 g/mol. The zero-order valence-corrected chi connectivity index (χ0v) is 15.5. The minimum atomic E-state index is -3.82. The number of nitrogens with zero attached hydrogens (tertiary/aromatic N) is 1. The lowest BCUT2D eigenvalue weighted by atomic mass is 10.1. The molecule has 0 saturated carbocycles. The fourth-order valence-electron chi connectivity index (χ4n) is 3.12. The van der Waals surface area contributed by atoms with Gasteiger partial charge in [0.2, 0.25) is 15.9 Å². The second-order valence-electron chi connectivity index (χ2n) is 6.41. The zero-order chi connectivity index (χ0) is 19.6. The number of hydrogen-bond acceptors (Lipinski definition) is 5. The van der Waals surface area contributed by atoms with Gasteiger partial charge in [0.15, 0.2) is 0 Å². The number of aryl methyl sites for hydroxylation is 1. The third kappa shape index (κ3) is 3.86. The molecule has 0 radical (unpaired) electrons. The summed E-state index contributed by atoms with van der Waals surface area (Å²) in [7, 11) is -3.82. The topological polar surface area (TPSA) is 107 Å². The van der Waals surface area contributed by atoms with Crippen molar-refractivity contribution in [1.29, 1.82) is 0 Å². The molecule has 2 aromatic carbocycles. The largest absolute Gasteiger partial charge is 0.545 e. The third-order valence-electron chi connectivity index (χ3n) is 4.54. The molecule has 1 aliphatic rings. The highest BCUT2D eigenvalue weighted by Crippen LogP contribution is 2.27. The molecule has 0 spiro atoms. The SMILES string of the molecule is Cc1ccc(S(=O)(=O)N2CCC[C@H]2C(=O)Nc2ccccc2C(=O)[O-])cc1. The molecule has 27 heavy (non-hydrogen) atoms. The quantitative estimate of drug-likeness (QED) is 0.828. The lowest BCUT2D eigenvalue weighted by Crippen LogP contribution is -2.43. The summed E-state index contributed by atoms with van der Waals surface area (Å²) in [5.41, 5.74) is 0.863. The van der Waals surface area contributed by atoms with E-state index < -0.39 is 27.9 Å². The van der Waals surface area contributed by atoms with Crippen LogP contribution in [0.15, 0.2) is 53.4 Å². The fraction of sp³-hybridized carbons (Fsp3) is 0.263. The summed E-state index contributed by atoms with van der Waals surface area (Å²) in [6, 6.07) is 11.4. The van der Waals surface area contributed by atoms with Crippen molar-refractivity contribution < 1.29 is 23.1 Å². The predicted octanol–water partition coefficient (Wildman–Crippen LogP) is 1.15. The number of amides is 1. The number of hydrogen-bond donors (Lipinski definition) is 1. The molecule has 3 rings (SSSR count). The van der Waals surface area contributed by atoms with Crippen molar-refractivity contribution in [3.05, 3.63) is 59.7 Å². The van der Waals surface area contributed by atoms with Gasteiger partial charge in [0.25, 0.3) is 0 Å². The van der Waals surface area contributed by atoms with Gasteiger partial charge in [-0.1, -0.05) is 35.9 Å². The number of carboxylic acid groups (broad SMARTS) is 1. The van der Waals surface area contributed by atoms with Crippen LogP contribution < -0.4 is 10.4 Å². The van der Waals surface area contributed by atoms with Crippen molar-refractivity contribution in [3.8, 4) is 0 Å². The zero-order valence-electron chi connectivity index (χ0n) is 14.7. The molecule has 1 aliphatic heterocycles. The average molecular weight is 387 g/mol. The Morgan fingerprint density at radius 2 is 1.78 bits per heavy atom. The van der Waals surface area contributed by atoms with Crippen LogP contribution in [-0.2, 0) is 14.8 Å². The first kappa shape index (κ1) is 19.1. The van der Waals surface area contributed by atoms with E-state index in [1.807, 2.05) is 6.92 Å². The van der Waals surface area contributed by atoms with Crippen LogP contribution in [0.1, 0.15) is 28.8 Å². The molecule has 0 bridgehead atoms. The van der Waals surface area contributed by atoms with Gasteiger partial charge in [-0.2, -0.15) is 4.31 Å². The Hall–Kier alpha value is -2.71. The molecule has 1 atom stereocenters. The van der Waals surface area contributed by atoms with Gasteiger partial charge in [0.05, 0.1) is 10.9 Å². The van der Waals surface area contributed by atoms with Gasteiger partial charge in [0, 0.05) is 17.8 Å². The molecule has 7 nitrogen and oxygen atoms in total. The molecule has 0 unspecified atom stereocenters. The van der Waals surface area contributed by atoms with E-state index in [0.29, 0.717) is 12.8 Å². The second kappa shape index (κ2) is 7.50. The van der Waals surface area contributed by atoms with E-state index in [1.54, 1.807) is 18.2 Å². The minimum Gasteiger partial charge on any atom is -0.545 e. The first-order valence-electron chi connectivity index (χ1n) is 8.50. The van der Waals surface area contributed by atoms with E-state index >= 15 is 0 Å². The van der Waals surface area contributed by atoms with Gasteiger partial charge in [-0.15, -0.1) is 0 Å². The molecule has 8 heteroatoms. The van der Waals surface area contributed by atoms with Crippen molar-refractivity contribution in [2.75, 3.05) is 11.9 Å². The number of rotatable bonds is 5. The maximum Gasteiger partial charge on any atom is 0.243 e. The molecule has 1 N–H and O–H groups in total. The molecule has 0 aliphatic carbocycles. The summed E-state index contributed by atoms with van der Waals surface area (Å²) in [6.07, 6.45) is 0.912. The summed E-state index contributed by atoms with van der Waals surface area (Å²) in [6.45, 7) is 2.09. The van der Waals surface area contributed by atoms with Gasteiger partial charge >= 0.3 is 0 Å². The molecule has 142 valence electrons. The summed E-state index contributed by atoms with van der Waals surface area (Å²) >= 11 is 0. The lowest BCUT2D eigenvalue weighted by Gasteiger charge is -2.24. The summed E-state index contributed by atoms with van der Waals surface area (Å²) in [4.78, 5) is 24.0. The Kier molecular flexibility index (Phi) is 5.29. The normalized spacial score (nSPS) is 17.6. The monoisotopic (exact) mass is 387 g/mol. The number of para-hydroxylation sites is 1. The second-order valence-corrected chi connectivity index (χ2v) is 8.30. The van der Waals surface area contributed by atoms with Gasteiger partial charge in [0.1, 0.15) is 6.04 Å². The van der Waals surface area contributed by atoms with Gasteiger partial charge in [-0.3, -0.25) is 4.79 Å². The molecule has 1 heterocycles. The molecule has 1 saturated heterocycles. The van der Waals surface area contributed by atoms with Gasteiger partial charge in [-0.05, 0) is 38.0 Å². The van der Waals surface area contributed by atoms with E-state index in [4.69, 9.17) is 0 Å². The van der Waals surface area contributed by atoms with Crippen LogP contribution in [0, 0.1) is 6.92 Å². The van der Waals surface area contributed by atoms with Crippen LogP contribution in [-0.4, -0.2) is 37.2 Å². The average Bonchev–Trinajstić information content (AvgIpc) is 3.13. The smallest absolute Gasteiger partial charge is 0.243 e. The number of carboxylic acids is 1. The van der Waals surface area contributed by atoms with E-state index in [0.717, 1.165) is 5.56 Å². The van der Waals surface area contributed by atoms with Crippen molar-refractivity contribution in [2.45, 2.75) is 30.7 Å². The number of nitrogens with one attached hydrogen (secondary N) is 1. The van der Waals surface area contributed by atoms with E-state index in [9.17, 15) is 23.1 Å². The van der Waals surface area contributed by atoms with Crippen LogP contribution >= 0.6 is 0 Å². The molecule has 2 aromatic rings.